The maximum absolute atomic E-state index is 12.2. The van der Waals surface area contributed by atoms with Crippen LogP contribution >= 0.6 is 0 Å². The van der Waals surface area contributed by atoms with Gasteiger partial charge in [-0.2, -0.15) is 0 Å². The molecule has 2 aromatic carbocycles. The van der Waals surface area contributed by atoms with Crippen LogP contribution in [-0.2, 0) is 69.9 Å². The molecule has 2 aliphatic heterocycles. The van der Waals surface area contributed by atoms with Crippen molar-refractivity contribution in [1.82, 2.24) is 0 Å². The molecule has 10 nitrogen and oxygen atoms in total. The quantitative estimate of drug-likeness (QED) is 0.309. The van der Waals surface area contributed by atoms with E-state index in [2.05, 4.69) is 13.8 Å². The molecule has 0 saturated carbocycles. The van der Waals surface area contributed by atoms with Crippen molar-refractivity contribution in [3.8, 4) is 11.5 Å². The van der Waals surface area contributed by atoms with Gasteiger partial charge in [-0.25, -0.2) is 9.59 Å². The van der Waals surface area contributed by atoms with Crippen LogP contribution in [-0.4, -0.2) is 65.8 Å². The largest absolute Gasteiger partial charge is 0.478 e. The normalized spacial score (nSPS) is 18.9. The maximum atomic E-state index is 12.2. The van der Waals surface area contributed by atoms with Gasteiger partial charge in [0.2, 0.25) is 0 Å². The van der Waals surface area contributed by atoms with E-state index in [1.165, 1.54) is 0 Å². The maximum Gasteiger partial charge on any atom is 0.347 e. The Morgan fingerprint density at radius 1 is 0.634 bits per heavy atom. The van der Waals surface area contributed by atoms with Gasteiger partial charge in [0.05, 0.1) is 39.6 Å². The highest BCUT2D eigenvalue weighted by atomic mass is 16.6. The lowest BCUT2D eigenvalue weighted by Crippen LogP contribution is -2.25. The molecule has 2 fully saturated rings. The first kappa shape index (κ1) is 30.8. The van der Waals surface area contributed by atoms with Crippen molar-refractivity contribution in [2.45, 2.75) is 70.7 Å². The van der Waals surface area contributed by atoms with Crippen LogP contribution in [0.5, 0.6) is 11.5 Å². The molecule has 4 rings (SSSR count). The highest BCUT2D eigenvalue weighted by molar-refractivity contribution is 5.77. The highest BCUT2D eigenvalue weighted by Gasteiger charge is 2.34. The van der Waals surface area contributed by atoms with Crippen LogP contribution in [0.2, 0.25) is 0 Å². The molecule has 2 saturated heterocycles. The Kier molecular flexibility index (Phi) is 10.2. The monoisotopic (exact) mass is 572 g/mol. The first-order chi connectivity index (χ1) is 19.7. The zero-order valence-electron chi connectivity index (χ0n) is 24.7. The summed E-state index contributed by atoms with van der Waals surface area (Å²) in [5, 5.41) is 0. The van der Waals surface area contributed by atoms with Crippen molar-refractivity contribution >= 4 is 11.9 Å². The molecule has 0 spiro atoms. The van der Waals surface area contributed by atoms with Crippen LogP contribution in [0.15, 0.2) is 24.3 Å². The minimum Gasteiger partial charge on any atom is -0.478 e. The van der Waals surface area contributed by atoms with Crippen molar-refractivity contribution in [2.75, 3.05) is 41.7 Å². The molecule has 0 bridgehead atoms. The number of rotatable bonds is 14. The zero-order valence-corrected chi connectivity index (χ0v) is 24.7. The standard InChI is InChI=1S/C31H40O10/c1-31(2,23-11-19(15-34-3)27(20(12-23)16-35-4)40-25-7-9-38-29(25)32)24-13-21(17-36-5)28(22(14-24)18-37-6)41-26-8-10-39-30(26)33/h11-14,25-26H,7-10,15-18H2,1-6H3. The molecule has 2 aromatic rings. The molecule has 224 valence electrons. The van der Waals surface area contributed by atoms with Crippen molar-refractivity contribution < 1.29 is 47.5 Å². The van der Waals surface area contributed by atoms with Gasteiger partial charge in [0.15, 0.2) is 12.2 Å². The van der Waals surface area contributed by atoms with Crippen LogP contribution in [0.3, 0.4) is 0 Å². The average molecular weight is 573 g/mol. The molecule has 0 radical (unpaired) electrons. The van der Waals surface area contributed by atoms with E-state index in [4.69, 9.17) is 37.9 Å². The molecule has 0 amide bonds. The lowest BCUT2D eigenvalue weighted by atomic mass is 9.76. The second-order valence-corrected chi connectivity index (χ2v) is 10.7. The summed E-state index contributed by atoms with van der Waals surface area (Å²) in [6.07, 6.45) is -0.360. The van der Waals surface area contributed by atoms with Gasteiger partial charge in [0.1, 0.15) is 11.5 Å². The van der Waals surface area contributed by atoms with Gasteiger partial charge >= 0.3 is 11.9 Å². The summed E-state index contributed by atoms with van der Waals surface area (Å²) in [6.45, 7) is 6.06. The van der Waals surface area contributed by atoms with Crippen molar-refractivity contribution in [3.05, 3.63) is 57.6 Å². The number of benzene rings is 2. The van der Waals surface area contributed by atoms with E-state index < -0.39 is 17.6 Å². The first-order valence-corrected chi connectivity index (χ1v) is 13.7. The average Bonchev–Trinajstić information content (AvgIpc) is 3.54. The topological polar surface area (TPSA) is 108 Å². The summed E-state index contributed by atoms with van der Waals surface area (Å²) in [5.74, 6) is 0.408. The van der Waals surface area contributed by atoms with Crippen LogP contribution in [0.4, 0.5) is 0 Å². The van der Waals surface area contributed by atoms with Gasteiger partial charge in [0, 0.05) is 68.9 Å². The molecular weight excluding hydrogens is 532 g/mol. The van der Waals surface area contributed by atoms with E-state index in [1.54, 1.807) is 28.4 Å². The lowest BCUT2D eigenvalue weighted by Gasteiger charge is -2.31. The number of carbonyl (C=O) groups excluding carboxylic acids is 2. The van der Waals surface area contributed by atoms with E-state index in [9.17, 15) is 9.59 Å². The lowest BCUT2D eigenvalue weighted by molar-refractivity contribution is -0.144. The van der Waals surface area contributed by atoms with Crippen molar-refractivity contribution in [3.63, 3.8) is 0 Å². The predicted octanol–water partition coefficient (Wildman–Crippen LogP) is 3.99. The zero-order chi connectivity index (χ0) is 29.6. The Morgan fingerprint density at radius 3 is 1.20 bits per heavy atom. The van der Waals surface area contributed by atoms with Gasteiger partial charge < -0.3 is 37.9 Å². The molecule has 0 N–H and O–H groups in total. The number of esters is 2. The summed E-state index contributed by atoms with van der Waals surface area (Å²) >= 11 is 0. The molecule has 2 unspecified atom stereocenters. The molecule has 0 aromatic heterocycles. The fraction of sp³-hybridized carbons (Fsp3) is 0.548. The van der Waals surface area contributed by atoms with Crippen molar-refractivity contribution in [2.24, 2.45) is 0 Å². The van der Waals surface area contributed by atoms with Gasteiger partial charge in [0.25, 0.3) is 0 Å². The predicted molar refractivity (Wildman–Crippen MR) is 148 cm³/mol. The van der Waals surface area contributed by atoms with E-state index in [1.807, 2.05) is 24.3 Å². The Labute approximate surface area is 241 Å². The molecule has 0 aliphatic carbocycles. The van der Waals surface area contributed by atoms with Gasteiger partial charge in [-0.3, -0.25) is 0 Å². The second kappa shape index (κ2) is 13.7. The summed E-state index contributed by atoms with van der Waals surface area (Å²) < 4.78 is 44.7. The smallest absolute Gasteiger partial charge is 0.347 e. The third-order valence-electron chi connectivity index (χ3n) is 7.42. The van der Waals surface area contributed by atoms with Crippen LogP contribution in [0.1, 0.15) is 60.1 Å². The van der Waals surface area contributed by atoms with Crippen molar-refractivity contribution in [1.29, 1.82) is 0 Å². The highest BCUT2D eigenvalue weighted by Crippen LogP contribution is 2.41. The molecule has 2 atom stereocenters. The number of carbonyl (C=O) groups is 2. The Hall–Kier alpha value is -3.18. The van der Waals surface area contributed by atoms with Gasteiger partial charge in [-0.05, 0) is 35.4 Å². The third kappa shape index (κ3) is 6.83. The minimum absolute atomic E-state index is 0.284. The Balaban J connectivity index is 1.80. The molecule has 10 heteroatoms. The molecule has 2 aliphatic rings. The van der Waals surface area contributed by atoms with Crippen LogP contribution in [0.25, 0.3) is 0 Å². The van der Waals surface area contributed by atoms with Crippen LogP contribution < -0.4 is 9.47 Å². The number of cyclic esters (lactones) is 2. The van der Waals surface area contributed by atoms with Gasteiger partial charge in [-0.15, -0.1) is 0 Å². The van der Waals surface area contributed by atoms with E-state index in [0.29, 0.717) is 37.6 Å². The summed E-state index contributed by atoms with van der Waals surface area (Å²) in [7, 11) is 6.48. The SMILES string of the molecule is COCc1cc(C(C)(C)c2cc(COC)c(OC3CCOC3=O)c(COC)c2)cc(COC)c1OC1CCOC1=O. The van der Waals surface area contributed by atoms with Gasteiger partial charge in [-0.1, -0.05) is 13.8 Å². The fourth-order valence-corrected chi connectivity index (χ4v) is 5.20. The number of hydrogen-bond acceptors (Lipinski definition) is 10. The van der Waals surface area contributed by atoms with E-state index >= 15 is 0 Å². The number of methoxy groups -OCH3 is 4. The summed E-state index contributed by atoms with van der Waals surface area (Å²) in [4.78, 5) is 24.4. The minimum atomic E-state index is -0.669. The van der Waals surface area contributed by atoms with Crippen LogP contribution in [0, 0.1) is 0 Å². The molecule has 41 heavy (non-hydrogen) atoms. The summed E-state index contributed by atoms with van der Waals surface area (Å²) in [6, 6.07) is 8.18. The molecule has 2 heterocycles. The van der Waals surface area contributed by atoms with E-state index in [-0.39, 0.29) is 38.4 Å². The Morgan fingerprint density at radius 2 is 0.951 bits per heavy atom. The number of ether oxygens (including phenoxy) is 8. The summed E-state index contributed by atoms with van der Waals surface area (Å²) in [5.41, 5.74) is 4.71. The third-order valence-corrected chi connectivity index (χ3v) is 7.42. The fourth-order valence-electron chi connectivity index (χ4n) is 5.20. The molecular formula is C31H40O10. The number of hydrogen-bond donors (Lipinski definition) is 0. The van der Waals surface area contributed by atoms with E-state index in [0.717, 1.165) is 33.4 Å². The second-order valence-electron chi connectivity index (χ2n) is 10.7. The first-order valence-electron chi connectivity index (χ1n) is 13.7. The Bertz CT molecular complexity index is 1090.